The maximum atomic E-state index is 5.80. The van der Waals surface area contributed by atoms with E-state index in [1.807, 2.05) is 25.1 Å². The molecule has 0 aliphatic carbocycles. The molecule has 0 radical (unpaired) electrons. The fourth-order valence-corrected chi connectivity index (χ4v) is 2.22. The lowest BCUT2D eigenvalue weighted by Crippen LogP contribution is -1.90. The van der Waals surface area contributed by atoms with Gasteiger partial charge in [0, 0.05) is 11.1 Å². The molecule has 2 N–H and O–H groups in total. The van der Waals surface area contributed by atoms with E-state index in [1.54, 1.807) is 0 Å². The van der Waals surface area contributed by atoms with Crippen molar-refractivity contribution in [1.82, 2.24) is 5.16 Å². The Morgan fingerprint density at radius 1 is 1.11 bits per heavy atom. The van der Waals surface area contributed by atoms with E-state index < -0.39 is 0 Å². The van der Waals surface area contributed by atoms with Crippen molar-refractivity contribution in [2.45, 2.75) is 13.3 Å². The van der Waals surface area contributed by atoms with Gasteiger partial charge >= 0.3 is 0 Å². The highest BCUT2D eigenvalue weighted by Gasteiger charge is 2.13. The third-order valence-corrected chi connectivity index (χ3v) is 3.18. The Hall–Kier alpha value is -2.29. The first-order valence-corrected chi connectivity index (χ1v) is 6.03. The van der Waals surface area contributed by atoms with Crippen molar-refractivity contribution < 1.29 is 4.52 Å². The monoisotopic (exact) mass is 238 g/mol. The van der Waals surface area contributed by atoms with Crippen LogP contribution in [0.2, 0.25) is 0 Å². The summed E-state index contributed by atoms with van der Waals surface area (Å²) < 4.78 is 5.35. The average molecular weight is 238 g/mol. The molecule has 18 heavy (non-hydrogen) atoms. The number of nitrogens with two attached hydrogens (primary N) is 1. The number of aromatic nitrogens is 1. The number of fused-ring (bicyclic) bond motifs is 1. The van der Waals surface area contributed by atoms with Crippen LogP contribution < -0.4 is 5.73 Å². The van der Waals surface area contributed by atoms with Crippen LogP contribution in [0.25, 0.3) is 22.1 Å². The number of anilines is 1. The molecular formula is C15H14N2O. The van der Waals surface area contributed by atoms with E-state index in [0.29, 0.717) is 5.82 Å². The first-order valence-electron chi connectivity index (χ1n) is 6.03. The molecule has 1 aromatic heterocycles. The van der Waals surface area contributed by atoms with Crippen LogP contribution in [0.15, 0.2) is 47.0 Å². The molecule has 3 aromatic rings. The highest BCUT2D eigenvalue weighted by Crippen LogP contribution is 2.30. The quantitative estimate of drug-likeness (QED) is 0.741. The van der Waals surface area contributed by atoms with Gasteiger partial charge in [0.05, 0.1) is 0 Å². The molecule has 0 atom stereocenters. The average Bonchev–Trinajstić information content (AvgIpc) is 2.79. The van der Waals surface area contributed by atoms with Crippen LogP contribution in [-0.2, 0) is 6.42 Å². The third kappa shape index (κ3) is 1.64. The summed E-state index contributed by atoms with van der Waals surface area (Å²) in [7, 11) is 0. The summed E-state index contributed by atoms with van der Waals surface area (Å²) in [5.41, 5.74) is 7.80. The van der Waals surface area contributed by atoms with Gasteiger partial charge < -0.3 is 10.3 Å². The lowest BCUT2D eigenvalue weighted by molar-refractivity contribution is 0.435. The largest absolute Gasteiger partial charge is 0.381 e. The van der Waals surface area contributed by atoms with Gasteiger partial charge in [0.1, 0.15) is 0 Å². The normalized spacial score (nSPS) is 10.9. The number of rotatable bonds is 2. The van der Waals surface area contributed by atoms with Crippen LogP contribution in [0.1, 0.15) is 12.5 Å². The topological polar surface area (TPSA) is 52.0 Å². The van der Waals surface area contributed by atoms with Gasteiger partial charge in [0.15, 0.2) is 11.6 Å². The smallest absolute Gasteiger partial charge is 0.172 e. The molecule has 0 unspecified atom stereocenters. The van der Waals surface area contributed by atoms with Gasteiger partial charge in [-0.2, -0.15) is 0 Å². The van der Waals surface area contributed by atoms with Gasteiger partial charge in [-0.25, -0.2) is 0 Å². The van der Waals surface area contributed by atoms with Crippen molar-refractivity contribution in [3.63, 3.8) is 0 Å². The second kappa shape index (κ2) is 4.18. The number of nitrogen functional groups attached to an aromatic ring is 1. The third-order valence-electron chi connectivity index (χ3n) is 3.18. The zero-order chi connectivity index (χ0) is 12.5. The summed E-state index contributed by atoms with van der Waals surface area (Å²) in [6.07, 6.45) is 0.817. The first kappa shape index (κ1) is 10.8. The molecule has 0 spiro atoms. The minimum absolute atomic E-state index is 0.487. The molecule has 3 nitrogen and oxygen atoms in total. The van der Waals surface area contributed by atoms with Gasteiger partial charge in [-0.15, -0.1) is 0 Å². The molecule has 0 amide bonds. The second-order valence-electron chi connectivity index (χ2n) is 4.29. The molecule has 0 aliphatic rings. The summed E-state index contributed by atoms with van der Waals surface area (Å²) in [6, 6.07) is 14.5. The van der Waals surface area contributed by atoms with Crippen molar-refractivity contribution in [2.75, 3.05) is 5.73 Å². The Morgan fingerprint density at radius 2 is 1.89 bits per heavy atom. The predicted molar refractivity (Wildman–Crippen MR) is 73.2 cm³/mol. The summed E-state index contributed by atoms with van der Waals surface area (Å²) in [6.45, 7) is 2.05. The molecule has 2 aromatic carbocycles. The predicted octanol–water partition coefficient (Wildman–Crippen LogP) is 3.64. The maximum absolute atomic E-state index is 5.80. The van der Waals surface area contributed by atoms with E-state index in [4.69, 9.17) is 10.3 Å². The molecule has 0 aliphatic heterocycles. The van der Waals surface area contributed by atoms with Gasteiger partial charge in [-0.1, -0.05) is 48.5 Å². The lowest BCUT2D eigenvalue weighted by atomic mass is 10.0. The SMILES string of the molecule is CCc1c(N)noc1-c1ccc2ccccc2c1. The zero-order valence-electron chi connectivity index (χ0n) is 10.2. The number of nitrogens with zero attached hydrogens (tertiary/aromatic N) is 1. The van der Waals surface area contributed by atoms with Crippen LogP contribution in [0.5, 0.6) is 0 Å². The zero-order valence-corrected chi connectivity index (χ0v) is 10.2. The number of hydrogen-bond acceptors (Lipinski definition) is 3. The molecule has 0 fully saturated rings. The highest BCUT2D eigenvalue weighted by atomic mass is 16.5. The fourth-order valence-electron chi connectivity index (χ4n) is 2.22. The molecule has 1 heterocycles. The fraction of sp³-hybridized carbons (Fsp3) is 0.133. The lowest BCUT2D eigenvalue weighted by Gasteiger charge is -2.02. The summed E-state index contributed by atoms with van der Waals surface area (Å²) in [5.74, 6) is 1.27. The van der Waals surface area contributed by atoms with Gasteiger partial charge in [-0.05, 0) is 23.3 Å². The van der Waals surface area contributed by atoms with Gasteiger partial charge in [0.2, 0.25) is 0 Å². The van der Waals surface area contributed by atoms with Crippen LogP contribution >= 0.6 is 0 Å². The Bertz CT molecular complexity index is 701. The van der Waals surface area contributed by atoms with Crippen molar-refractivity contribution >= 4 is 16.6 Å². The van der Waals surface area contributed by atoms with Gasteiger partial charge in [-0.3, -0.25) is 0 Å². The van der Waals surface area contributed by atoms with E-state index in [-0.39, 0.29) is 0 Å². The van der Waals surface area contributed by atoms with E-state index in [9.17, 15) is 0 Å². The van der Waals surface area contributed by atoms with E-state index in [1.165, 1.54) is 10.8 Å². The van der Waals surface area contributed by atoms with Crippen LogP contribution in [-0.4, -0.2) is 5.16 Å². The Morgan fingerprint density at radius 3 is 2.67 bits per heavy atom. The van der Waals surface area contributed by atoms with E-state index in [0.717, 1.165) is 23.3 Å². The van der Waals surface area contributed by atoms with E-state index in [2.05, 4.69) is 29.4 Å². The Balaban J connectivity index is 2.19. The van der Waals surface area contributed by atoms with Crippen molar-refractivity contribution in [2.24, 2.45) is 0 Å². The molecule has 0 bridgehead atoms. The molecule has 3 heteroatoms. The summed E-state index contributed by atoms with van der Waals surface area (Å²) in [5, 5.41) is 6.25. The second-order valence-corrected chi connectivity index (χ2v) is 4.29. The minimum atomic E-state index is 0.487. The van der Waals surface area contributed by atoms with Gasteiger partial charge in [0.25, 0.3) is 0 Å². The van der Waals surface area contributed by atoms with Crippen LogP contribution in [0.3, 0.4) is 0 Å². The standard InChI is InChI=1S/C15H14N2O/c1-2-13-14(18-17-15(13)16)12-8-7-10-5-3-4-6-11(10)9-12/h3-9H,2H2,1H3,(H2,16,17). The molecule has 90 valence electrons. The molecular weight excluding hydrogens is 224 g/mol. The summed E-state index contributed by atoms with van der Waals surface area (Å²) in [4.78, 5) is 0. The first-order chi connectivity index (χ1) is 8.79. The Labute approximate surface area is 105 Å². The van der Waals surface area contributed by atoms with Crippen molar-refractivity contribution in [3.05, 3.63) is 48.0 Å². The molecule has 0 saturated heterocycles. The number of hydrogen-bond donors (Lipinski definition) is 1. The highest BCUT2D eigenvalue weighted by molar-refractivity contribution is 5.87. The molecule has 3 rings (SSSR count). The number of benzene rings is 2. The maximum Gasteiger partial charge on any atom is 0.172 e. The molecule has 0 saturated carbocycles. The van der Waals surface area contributed by atoms with Crippen LogP contribution in [0, 0.1) is 0 Å². The van der Waals surface area contributed by atoms with E-state index >= 15 is 0 Å². The summed E-state index contributed by atoms with van der Waals surface area (Å²) >= 11 is 0. The minimum Gasteiger partial charge on any atom is -0.381 e. The van der Waals surface area contributed by atoms with Crippen molar-refractivity contribution in [1.29, 1.82) is 0 Å². The van der Waals surface area contributed by atoms with Crippen LogP contribution in [0.4, 0.5) is 5.82 Å². The van der Waals surface area contributed by atoms with Crippen molar-refractivity contribution in [3.8, 4) is 11.3 Å². The Kier molecular flexibility index (Phi) is 2.52.